The van der Waals surface area contributed by atoms with Gasteiger partial charge in [-0.25, -0.2) is 5.43 Å². The van der Waals surface area contributed by atoms with E-state index in [2.05, 4.69) is 10.5 Å². The quantitative estimate of drug-likeness (QED) is 0.564. The molecule has 1 amide bonds. The molecule has 1 heterocycles. The fourth-order valence-electron chi connectivity index (χ4n) is 2.89. The zero-order chi connectivity index (χ0) is 17.9. The summed E-state index contributed by atoms with van der Waals surface area (Å²) < 4.78 is 5.13. The van der Waals surface area contributed by atoms with Crippen LogP contribution in [-0.4, -0.2) is 24.2 Å². The van der Waals surface area contributed by atoms with E-state index >= 15 is 0 Å². The number of nitrogens with zero attached hydrogens (tertiary/aromatic N) is 2. The summed E-state index contributed by atoms with van der Waals surface area (Å²) in [5.41, 5.74) is 5.96. The number of hydrazone groups is 1. The van der Waals surface area contributed by atoms with Crippen molar-refractivity contribution in [3.8, 4) is 5.75 Å². The number of rotatable bonds is 5. The van der Waals surface area contributed by atoms with Gasteiger partial charge in [0.05, 0.1) is 24.4 Å². The van der Waals surface area contributed by atoms with Crippen molar-refractivity contribution < 1.29 is 9.53 Å². The number of hydrogen-bond donors (Lipinski definition) is 1. The lowest BCUT2D eigenvalue weighted by Gasteiger charge is -2.08. The minimum atomic E-state index is -0.227. The highest BCUT2D eigenvalue weighted by molar-refractivity contribution is 6.06. The van der Waals surface area contributed by atoms with Gasteiger partial charge in [0.2, 0.25) is 0 Å². The molecule has 0 spiro atoms. The summed E-state index contributed by atoms with van der Waals surface area (Å²) in [6.45, 7) is 0. The highest BCUT2D eigenvalue weighted by Crippen LogP contribution is 2.40. The maximum absolute atomic E-state index is 12.7. The van der Waals surface area contributed by atoms with E-state index in [0.29, 0.717) is 11.5 Å². The minimum absolute atomic E-state index is 0.227. The largest absolute Gasteiger partial charge is 0.497 e. The summed E-state index contributed by atoms with van der Waals surface area (Å²) in [5.74, 6) is 1.03. The standard InChI is InChI=1S/C21H19N3O2/c1-26-16-10-6-14(7-11-16)13-22-24-21(25)18-12-20(15-8-9-15)23-19-5-3-2-4-17(18)19/h2-7,10-13,15H,8-9H2,1H3,(H,24,25)/b22-13-. The Morgan fingerprint density at radius 2 is 1.96 bits per heavy atom. The van der Waals surface area contributed by atoms with Crippen molar-refractivity contribution >= 4 is 23.0 Å². The number of carbonyl (C=O) groups excluding carboxylic acids is 1. The van der Waals surface area contributed by atoms with E-state index in [0.717, 1.165) is 40.8 Å². The van der Waals surface area contributed by atoms with Crippen molar-refractivity contribution in [3.63, 3.8) is 0 Å². The molecule has 130 valence electrons. The zero-order valence-electron chi connectivity index (χ0n) is 14.5. The summed E-state index contributed by atoms with van der Waals surface area (Å²) in [6.07, 6.45) is 3.90. The highest BCUT2D eigenvalue weighted by atomic mass is 16.5. The Hall–Kier alpha value is -3.21. The van der Waals surface area contributed by atoms with Crippen LogP contribution in [0.2, 0.25) is 0 Å². The molecule has 0 bridgehead atoms. The van der Waals surface area contributed by atoms with Crippen LogP contribution >= 0.6 is 0 Å². The number of benzene rings is 2. The number of nitrogens with one attached hydrogen (secondary N) is 1. The number of fused-ring (bicyclic) bond motifs is 1. The smallest absolute Gasteiger partial charge is 0.272 e. The Morgan fingerprint density at radius 3 is 2.69 bits per heavy atom. The topological polar surface area (TPSA) is 63.6 Å². The lowest BCUT2D eigenvalue weighted by atomic mass is 10.1. The van der Waals surface area contributed by atoms with Gasteiger partial charge in [-0.3, -0.25) is 9.78 Å². The maximum Gasteiger partial charge on any atom is 0.272 e. The number of para-hydroxylation sites is 1. The molecule has 0 saturated heterocycles. The first-order chi connectivity index (χ1) is 12.7. The summed E-state index contributed by atoms with van der Waals surface area (Å²) in [4.78, 5) is 17.4. The Labute approximate surface area is 151 Å². The molecule has 1 aliphatic carbocycles. The van der Waals surface area contributed by atoms with Gasteiger partial charge in [0, 0.05) is 17.0 Å². The number of carbonyl (C=O) groups is 1. The fourth-order valence-corrected chi connectivity index (χ4v) is 2.89. The van der Waals surface area contributed by atoms with Crippen LogP contribution in [0.25, 0.3) is 10.9 Å². The summed E-state index contributed by atoms with van der Waals surface area (Å²) in [5, 5.41) is 4.93. The monoisotopic (exact) mass is 345 g/mol. The molecule has 1 aliphatic rings. The van der Waals surface area contributed by atoms with Gasteiger partial charge >= 0.3 is 0 Å². The normalized spacial score (nSPS) is 13.9. The number of methoxy groups -OCH3 is 1. The average Bonchev–Trinajstić information content (AvgIpc) is 3.53. The highest BCUT2D eigenvalue weighted by Gasteiger charge is 2.26. The van der Waals surface area contributed by atoms with Crippen LogP contribution in [0.3, 0.4) is 0 Å². The van der Waals surface area contributed by atoms with Crippen LogP contribution in [0.1, 0.15) is 40.4 Å². The molecule has 4 rings (SSSR count). The van der Waals surface area contributed by atoms with Crippen molar-refractivity contribution in [3.05, 3.63) is 71.4 Å². The van der Waals surface area contributed by atoms with E-state index in [9.17, 15) is 4.79 Å². The van der Waals surface area contributed by atoms with Crippen molar-refractivity contribution in [2.75, 3.05) is 7.11 Å². The molecule has 3 aromatic rings. The predicted molar refractivity (Wildman–Crippen MR) is 102 cm³/mol. The summed E-state index contributed by atoms with van der Waals surface area (Å²) in [7, 11) is 1.62. The second-order valence-corrected chi connectivity index (χ2v) is 6.36. The molecule has 0 radical (unpaired) electrons. The zero-order valence-corrected chi connectivity index (χ0v) is 14.5. The number of hydrogen-bond acceptors (Lipinski definition) is 4. The van der Waals surface area contributed by atoms with Gasteiger partial charge in [-0.05, 0) is 54.8 Å². The van der Waals surface area contributed by atoms with E-state index < -0.39 is 0 Å². The first-order valence-corrected chi connectivity index (χ1v) is 8.62. The van der Waals surface area contributed by atoms with Crippen LogP contribution in [0.15, 0.2) is 59.7 Å². The van der Waals surface area contributed by atoms with Crippen LogP contribution in [0, 0.1) is 0 Å². The van der Waals surface area contributed by atoms with Gasteiger partial charge in [-0.1, -0.05) is 18.2 Å². The lowest BCUT2D eigenvalue weighted by molar-refractivity contribution is 0.0956. The van der Waals surface area contributed by atoms with Crippen LogP contribution in [0.4, 0.5) is 0 Å². The minimum Gasteiger partial charge on any atom is -0.497 e. The number of aromatic nitrogens is 1. The third-order valence-corrected chi connectivity index (χ3v) is 4.47. The van der Waals surface area contributed by atoms with E-state index in [-0.39, 0.29) is 5.91 Å². The molecule has 0 unspecified atom stereocenters. The van der Waals surface area contributed by atoms with Gasteiger partial charge < -0.3 is 4.74 Å². The molecule has 2 aromatic carbocycles. The van der Waals surface area contributed by atoms with Crippen molar-refractivity contribution in [1.29, 1.82) is 0 Å². The maximum atomic E-state index is 12.7. The molecule has 0 aliphatic heterocycles. The number of pyridine rings is 1. The van der Waals surface area contributed by atoms with Gasteiger partial charge in [-0.2, -0.15) is 5.10 Å². The first kappa shape index (κ1) is 16.3. The van der Waals surface area contributed by atoms with Crippen LogP contribution in [-0.2, 0) is 0 Å². The number of ether oxygens (including phenoxy) is 1. The van der Waals surface area contributed by atoms with E-state index in [1.54, 1.807) is 13.3 Å². The van der Waals surface area contributed by atoms with E-state index in [1.165, 1.54) is 0 Å². The van der Waals surface area contributed by atoms with Crippen molar-refractivity contribution in [2.45, 2.75) is 18.8 Å². The van der Waals surface area contributed by atoms with Gasteiger partial charge in [-0.15, -0.1) is 0 Å². The van der Waals surface area contributed by atoms with Crippen LogP contribution in [0.5, 0.6) is 5.75 Å². The Kier molecular flexibility index (Phi) is 4.35. The first-order valence-electron chi connectivity index (χ1n) is 8.62. The molecular weight excluding hydrogens is 326 g/mol. The summed E-state index contributed by atoms with van der Waals surface area (Å²) >= 11 is 0. The Balaban J connectivity index is 1.56. The Morgan fingerprint density at radius 1 is 1.19 bits per heavy atom. The van der Waals surface area contributed by atoms with E-state index in [4.69, 9.17) is 9.72 Å². The van der Waals surface area contributed by atoms with Gasteiger partial charge in [0.15, 0.2) is 0 Å². The van der Waals surface area contributed by atoms with E-state index in [1.807, 2.05) is 54.6 Å². The molecule has 26 heavy (non-hydrogen) atoms. The fraction of sp³-hybridized carbons (Fsp3) is 0.190. The molecule has 1 N–H and O–H groups in total. The van der Waals surface area contributed by atoms with Crippen molar-refractivity contribution in [2.24, 2.45) is 5.10 Å². The molecule has 5 nitrogen and oxygen atoms in total. The summed E-state index contributed by atoms with van der Waals surface area (Å²) in [6, 6.07) is 17.1. The molecule has 1 saturated carbocycles. The SMILES string of the molecule is COc1ccc(/C=N\NC(=O)c2cc(C3CC3)nc3ccccc23)cc1. The van der Waals surface area contributed by atoms with Gasteiger partial charge in [0.1, 0.15) is 5.75 Å². The van der Waals surface area contributed by atoms with Crippen LogP contribution < -0.4 is 10.2 Å². The van der Waals surface area contributed by atoms with Gasteiger partial charge in [0.25, 0.3) is 5.91 Å². The number of amides is 1. The third-order valence-electron chi connectivity index (χ3n) is 4.47. The molecule has 1 fully saturated rings. The molecule has 1 aromatic heterocycles. The van der Waals surface area contributed by atoms with Crippen molar-refractivity contribution in [1.82, 2.24) is 10.4 Å². The molecule has 5 heteroatoms. The average molecular weight is 345 g/mol. The predicted octanol–water partition coefficient (Wildman–Crippen LogP) is 3.88. The molecular formula is C21H19N3O2. The lowest BCUT2D eigenvalue weighted by Crippen LogP contribution is -2.18. The molecule has 0 atom stereocenters. The second kappa shape index (κ2) is 6.96. The Bertz CT molecular complexity index is 976. The second-order valence-electron chi connectivity index (χ2n) is 6.36. The third kappa shape index (κ3) is 3.42.